The van der Waals surface area contributed by atoms with Crippen LogP contribution in [0, 0.1) is 0 Å². The van der Waals surface area contributed by atoms with E-state index in [9.17, 15) is 0 Å². The first-order chi connectivity index (χ1) is 22.7. The predicted molar refractivity (Wildman–Crippen MR) is 212 cm³/mol. The molecule has 250 valence electrons. The highest BCUT2D eigenvalue weighted by Gasteiger charge is 2.26. The smallest absolute Gasteiger partial charge is 0.127 e. The van der Waals surface area contributed by atoms with Gasteiger partial charge in [-0.25, -0.2) is 0 Å². The molecule has 48 heavy (non-hydrogen) atoms. The summed E-state index contributed by atoms with van der Waals surface area (Å²) < 4.78 is 13.3. The molecule has 0 saturated carbocycles. The molecular formula is C42H52N2O2Si2. The maximum atomic E-state index is 6.67. The van der Waals surface area contributed by atoms with E-state index in [2.05, 4.69) is 162 Å². The first-order valence-corrected chi connectivity index (χ1v) is 24.2. The van der Waals surface area contributed by atoms with Crippen molar-refractivity contribution in [3.8, 4) is 11.5 Å². The number of hydrogen-bond acceptors (Lipinski definition) is 4. The Morgan fingerprint density at radius 2 is 1.06 bits per heavy atom. The average molecular weight is 673 g/mol. The lowest BCUT2D eigenvalue weighted by Gasteiger charge is -2.28. The molecule has 0 aromatic heterocycles. The number of ether oxygens (including phenoxy) is 2. The molecule has 0 spiro atoms. The van der Waals surface area contributed by atoms with Crippen molar-refractivity contribution in [3.05, 3.63) is 107 Å². The standard InChI is InChI=1S/C42H52N2O2Si2/c1-43(2)25-34-23-36(24-35(26-44(3)4)42(34)48(8,9)10)45-27-29-20-30(22-37(21-29)47(5,6)7)28-46-39-19-17-33-15-14-31-12-11-13-32-16-18-38(39)41(33)40(31)32/h11-24H,25-28H2,1-10H3. The van der Waals surface area contributed by atoms with Gasteiger partial charge in [0.15, 0.2) is 0 Å². The molecule has 0 N–H and O–H groups in total. The van der Waals surface area contributed by atoms with E-state index in [1.54, 1.807) is 5.19 Å². The molecule has 6 heteroatoms. The zero-order valence-corrected chi connectivity index (χ0v) is 32.6. The van der Waals surface area contributed by atoms with Crippen molar-refractivity contribution in [2.24, 2.45) is 0 Å². The van der Waals surface area contributed by atoms with E-state index in [1.165, 1.54) is 59.8 Å². The van der Waals surface area contributed by atoms with E-state index >= 15 is 0 Å². The van der Waals surface area contributed by atoms with Crippen molar-refractivity contribution in [2.75, 3.05) is 28.2 Å². The topological polar surface area (TPSA) is 24.9 Å². The Labute approximate surface area is 289 Å². The zero-order chi connectivity index (χ0) is 34.4. The summed E-state index contributed by atoms with van der Waals surface area (Å²) in [6.07, 6.45) is 0. The predicted octanol–water partition coefficient (Wildman–Crippen LogP) is 8.96. The van der Waals surface area contributed by atoms with Crippen LogP contribution in [-0.4, -0.2) is 54.1 Å². The normalized spacial score (nSPS) is 12.7. The summed E-state index contributed by atoms with van der Waals surface area (Å²) in [5, 5.41) is 10.6. The third kappa shape index (κ3) is 7.32. The van der Waals surface area contributed by atoms with Crippen molar-refractivity contribution in [1.82, 2.24) is 9.80 Å². The van der Waals surface area contributed by atoms with Gasteiger partial charge in [-0.1, -0.05) is 104 Å². The number of benzene rings is 6. The number of nitrogens with zero attached hydrogens (tertiary/aromatic N) is 2. The molecule has 4 nitrogen and oxygen atoms in total. The van der Waals surface area contributed by atoms with Crippen LogP contribution in [0.1, 0.15) is 22.3 Å². The summed E-state index contributed by atoms with van der Waals surface area (Å²) in [6.45, 7) is 17.5. The van der Waals surface area contributed by atoms with Crippen molar-refractivity contribution in [2.45, 2.75) is 65.6 Å². The molecule has 0 unspecified atom stereocenters. The van der Waals surface area contributed by atoms with Gasteiger partial charge in [-0.3, -0.25) is 0 Å². The summed E-state index contributed by atoms with van der Waals surface area (Å²) in [4.78, 5) is 4.54. The molecule has 6 rings (SSSR count). The molecule has 0 atom stereocenters. The van der Waals surface area contributed by atoms with Crippen LogP contribution in [0.15, 0.2) is 84.9 Å². The first-order valence-electron chi connectivity index (χ1n) is 17.2. The minimum atomic E-state index is -1.60. The fraction of sp³-hybridized carbons (Fsp3) is 0.333. The molecule has 6 aromatic rings. The van der Waals surface area contributed by atoms with E-state index in [-0.39, 0.29) is 0 Å². The molecule has 0 saturated heterocycles. The van der Waals surface area contributed by atoms with Gasteiger partial charge in [0, 0.05) is 23.9 Å². The number of hydrogen-bond donors (Lipinski definition) is 0. The Kier molecular flexibility index (Phi) is 9.48. The van der Waals surface area contributed by atoms with Gasteiger partial charge in [0.2, 0.25) is 0 Å². The summed E-state index contributed by atoms with van der Waals surface area (Å²) in [6, 6.07) is 31.4. The maximum absolute atomic E-state index is 6.67. The number of rotatable bonds is 12. The lowest BCUT2D eigenvalue weighted by atomic mass is 9.94. The lowest BCUT2D eigenvalue weighted by molar-refractivity contribution is 0.300. The summed E-state index contributed by atoms with van der Waals surface area (Å²) in [5.74, 6) is 1.89. The lowest BCUT2D eigenvalue weighted by Crippen LogP contribution is -2.44. The highest BCUT2D eigenvalue weighted by molar-refractivity contribution is 6.89. The van der Waals surface area contributed by atoms with Gasteiger partial charge >= 0.3 is 0 Å². The first kappa shape index (κ1) is 34.2. The Bertz CT molecular complexity index is 2020. The second-order valence-corrected chi connectivity index (χ2v) is 26.2. The molecule has 0 amide bonds. The molecular weight excluding hydrogens is 621 g/mol. The van der Waals surface area contributed by atoms with E-state index < -0.39 is 16.1 Å². The van der Waals surface area contributed by atoms with Crippen LogP contribution >= 0.6 is 0 Å². The fourth-order valence-electron chi connectivity index (χ4n) is 7.24. The third-order valence-corrected chi connectivity index (χ3v) is 13.4. The zero-order valence-electron chi connectivity index (χ0n) is 30.6. The molecule has 0 fully saturated rings. The van der Waals surface area contributed by atoms with Crippen LogP contribution in [-0.2, 0) is 26.3 Å². The van der Waals surface area contributed by atoms with E-state index in [0.29, 0.717) is 13.2 Å². The van der Waals surface area contributed by atoms with Crippen molar-refractivity contribution in [1.29, 1.82) is 0 Å². The minimum Gasteiger partial charge on any atom is -0.489 e. The highest BCUT2D eigenvalue weighted by Crippen LogP contribution is 2.38. The molecule has 0 aliphatic heterocycles. The van der Waals surface area contributed by atoms with Gasteiger partial charge in [0.25, 0.3) is 0 Å². The SMILES string of the molecule is CN(C)Cc1cc(OCc2cc(COc3ccc4ccc5cccc6ccc3c4c56)cc([Si](C)(C)C)c2)cc(CN(C)C)c1[Si](C)(C)C. The monoisotopic (exact) mass is 672 g/mol. The molecule has 0 bridgehead atoms. The second kappa shape index (κ2) is 13.3. The van der Waals surface area contributed by atoms with Gasteiger partial charge in [-0.2, -0.15) is 0 Å². The molecule has 6 aromatic carbocycles. The van der Waals surface area contributed by atoms with Crippen LogP contribution in [0.5, 0.6) is 11.5 Å². The van der Waals surface area contributed by atoms with Crippen LogP contribution in [0.25, 0.3) is 32.3 Å². The Balaban J connectivity index is 1.30. The van der Waals surface area contributed by atoms with Crippen LogP contribution in [0.3, 0.4) is 0 Å². The maximum Gasteiger partial charge on any atom is 0.127 e. The van der Waals surface area contributed by atoms with E-state index in [1.807, 2.05) is 0 Å². The van der Waals surface area contributed by atoms with Gasteiger partial charge in [0.05, 0.1) is 16.1 Å². The van der Waals surface area contributed by atoms with Gasteiger partial charge in [0.1, 0.15) is 24.7 Å². The van der Waals surface area contributed by atoms with Gasteiger partial charge < -0.3 is 19.3 Å². The van der Waals surface area contributed by atoms with Crippen LogP contribution < -0.4 is 19.8 Å². The third-order valence-electron chi connectivity index (χ3n) is 9.21. The Morgan fingerprint density at radius 1 is 0.542 bits per heavy atom. The summed E-state index contributed by atoms with van der Waals surface area (Å²) in [5.41, 5.74) is 5.18. The van der Waals surface area contributed by atoms with Crippen molar-refractivity contribution in [3.63, 3.8) is 0 Å². The van der Waals surface area contributed by atoms with Gasteiger partial charge in [-0.05, 0) is 102 Å². The summed E-state index contributed by atoms with van der Waals surface area (Å²) >= 11 is 0. The van der Waals surface area contributed by atoms with Crippen LogP contribution in [0.4, 0.5) is 0 Å². The fourth-order valence-corrected chi connectivity index (χ4v) is 10.7. The Hall–Kier alpha value is -3.69. The van der Waals surface area contributed by atoms with E-state index in [4.69, 9.17) is 9.47 Å². The molecule has 0 aliphatic rings. The summed E-state index contributed by atoms with van der Waals surface area (Å²) in [7, 11) is 5.42. The second-order valence-electron chi connectivity index (χ2n) is 16.1. The largest absolute Gasteiger partial charge is 0.489 e. The molecule has 0 radical (unpaired) electrons. The average Bonchev–Trinajstić information content (AvgIpc) is 3.00. The minimum absolute atomic E-state index is 0.514. The van der Waals surface area contributed by atoms with E-state index in [0.717, 1.165) is 24.6 Å². The van der Waals surface area contributed by atoms with Crippen molar-refractivity contribution < 1.29 is 9.47 Å². The molecule has 0 aliphatic carbocycles. The van der Waals surface area contributed by atoms with Gasteiger partial charge in [-0.15, -0.1) is 0 Å². The van der Waals surface area contributed by atoms with Crippen LogP contribution in [0.2, 0.25) is 39.3 Å². The van der Waals surface area contributed by atoms with Crippen molar-refractivity contribution >= 4 is 58.8 Å². The Morgan fingerprint density at radius 3 is 1.60 bits per heavy atom. The highest BCUT2D eigenvalue weighted by atomic mass is 28.3. The quantitative estimate of drug-likeness (QED) is 0.0958. The molecule has 0 heterocycles.